The number of hydrogen-bond acceptors (Lipinski definition) is 3. The van der Waals surface area contributed by atoms with Crippen molar-refractivity contribution in [3.8, 4) is 16.9 Å². The molecule has 0 aliphatic heterocycles. The minimum Gasteiger partial charge on any atom is -0.331 e. The molecule has 0 bridgehead atoms. The molecule has 0 unspecified atom stereocenters. The van der Waals surface area contributed by atoms with Gasteiger partial charge in [-0.2, -0.15) is 0 Å². The maximum absolute atomic E-state index is 13.2. The van der Waals surface area contributed by atoms with Crippen LogP contribution in [-0.4, -0.2) is 38.9 Å². The van der Waals surface area contributed by atoms with E-state index in [9.17, 15) is 9.59 Å². The van der Waals surface area contributed by atoms with Gasteiger partial charge in [0.1, 0.15) is 6.54 Å². The van der Waals surface area contributed by atoms with E-state index in [1.54, 1.807) is 4.90 Å². The summed E-state index contributed by atoms with van der Waals surface area (Å²) in [5.74, 6) is 0.0375. The number of rotatable bonds is 8. The third-order valence-corrected chi connectivity index (χ3v) is 6.25. The molecule has 6 heteroatoms. The zero-order valence-corrected chi connectivity index (χ0v) is 21.2. The van der Waals surface area contributed by atoms with Gasteiger partial charge in [-0.15, -0.1) is 0 Å². The lowest BCUT2D eigenvalue weighted by Gasteiger charge is -2.26. The number of nitrogens with one attached hydrogen (secondary N) is 1. The van der Waals surface area contributed by atoms with Crippen molar-refractivity contribution in [2.75, 3.05) is 11.9 Å². The van der Waals surface area contributed by atoms with Crippen LogP contribution < -0.4 is 5.32 Å². The van der Waals surface area contributed by atoms with Crippen LogP contribution in [0, 0.1) is 13.8 Å². The van der Waals surface area contributed by atoms with Crippen LogP contribution in [0.1, 0.15) is 30.5 Å². The molecule has 3 aromatic carbocycles. The van der Waals surface area contributed by atoms with Crippen LogP contribution in [0.4, 0.5) is 5.95 Å². The Hall–Kier alpha value is -4.19. The van der Waals surface area contributed by atoms with E-state index in [-0.39, 0.29) is 30.8 Å². The molecule has 1 aromatic heterocycles. The van der Waals surface area contributed by atoms with Crippen LogP contribution in [0.3, 0.4) is 0 Å². The van der Waals surface area contributed by atoms with E-state index in [1.807, 2.05) is 91.3 Å². The Morgan fingerprint density at radius 3 is 2.22 bits per heavy atom. The molecule has 0 aliphatic rings. The van der Waals surface area contributed by atoms with Crippen LogP contribution >= 0.6 is 0 Å². The van der Waals surface area contributed by atoms with Crippen LogP contribution in [0.5, 0.6) is 0 Å². The lowest BCUT2D eigenvalue weighted by Crippen LogP contribution is -2.43. The topological polar surface area (TPSA) is 67.2 Å². The van der Waals surface area contributed by atoms with Crippen molar-refractivity contribution >= 4 is 17.8 Å². The number of anilines is 1. The van der Waals surface area contributed by atoms with Crippen LogP contribution in [0.25, 0.3) is 16.9 Å². The number of benzene rings is 3. The second-order valence-corrected chi connectivity index (χ2v) is 9.28. The molecule has 6 nitrogen and oxygen atoms in total. The molecule has 4 rings (SSSR count). The van der Waals surface area contributed by atoms with Gasteiger partial charge in [0.05, 0.1) is 12.1 Å². The lowest BCUT2D eigenvalue weighted by molar-refractivity contribution is -0.135. The van der Waals surface area contributed by atoms with Crippen molar-refractivity contribution in [3.05, 3.63) is 102 Å². The van der Waals surface area contributed by atoms with E-state index >= 15 is 0 Å². The molecule has 0 spiro atoms. The minimum absolute atomic E-state index is 0.0518. The monoisotopic (exact) mass is 480 g/mol. The summed E-state index contributed by atoms with van der Waals surface area (Å²) in [4.78, 5) is 32.5. The summed E-state index contributed by atoms with van der Waals surface area (Å²) in [6, 6.07) is 25.5. The van der Waals surface area contributed by atoms with Crippen molar-refractivity contribution in [2.24, 2.45) is 0 Å². The largest absolute Gasteiger partial charge is 0.331 e. The number of amides is 2. The van der Waals surface area contributed by atoms with E-state index in [4.69, 9.17) is 4.98 Å². The van der Waals surface area contributed by atoms with E-state index in [0.29, 0.717) is 5.95 Å². The third kappa shape index (κ3) is 5.89. The summed E-state index contributed by atoms with van der Waals surface area (Å²) in [7, 11) is 0. The number of aryl methyl sites for hydroxylation is 2. The Morgan fingerprint density at radius 1 is 0.917 bits per heavy atom. The summed E-state index contributed by atoms with van der Waals surface area (Å²) in [5, 5.41) is 2.96. The number of imidazole rings is 1. The normalized spacial score (nSPS) is 10.9. The summed E-state index contributed by atoms with van der Waals surface area (Å²) < 4.78 is 1.89. The van der Waals surface area contributed by atoms with Crippen molar-refractivity contribution in [2.45, 2.75) is 40.2 Å². The van der Waals surface area contributed by atoms with Crippen LogP contribution in [0.2, 0.25) is 0 Å². The highest BCUT2D eigenvalue weighted by Crippen LogP contribution is 2.25. The van der Waals surface area contributed by atoms with Gasteiger partial charge >= 0.3 is 0 Å². The highest BCUT2D eigenvalue weighted by molar-refractivity contribution is 5.94. The smallest absolute Gasteiger partial charge is 0.246 e. The SMILES string of the molecule is Cc1ccc(-n2cc(-c3ccccc3)nc2NC(=O)CN(C(=O)Cc2ccccc2)C(C)C)cc1C. The Balaban J connectivity index is 1.59. The number of hydrogen-bond donors (Lipinski definition) is 1. The predicted octanol–water partition coefficient (Wildman–Crippen LogP) is 5.57. The van der Waals surface area contributed by atoms with Crippen molar-refractivity contribution in [3.63, 3.8) is 0 Å². The van der Waals surface area contributed by atoms with Gasteiger partial charge in [-0.3, -0.25) is 19.5 Å². The average Bonchev–Trinajstić information content (AvgIpc) is 3.28. The van der Waals surface area contributed by atoms with Crippen LogP contribution in [0.15, 0.2) is 85.1 Å². The zero-order chi connectivity index (χ0) is 25.7. The number of nitrogens with zero attached hydrogens (tertiary/aromatic N) is 3. The molecule has 1 N–H and O–H groups in total. The van der Waals surface area contributed by atoms with Gasteiger partial charge in [-0.1, -0.05) is 66.7 Å². The van der Waals surface area contributed by atoms with E-state index < -0.39 is 0 Å². The second-order valence-electron chi connectivity index (χ2n) is 9.28. The Kier molecular flexibility index (Phi) is 7.64. The summed E-state index contributed by atoms with van der Waals surface area (Å²) >= 11 is 0. The summed E-state index contributed by atoms with van der Waals surface area (Å²) in [5.41, 5.74) is 5.88. The summed E-state index contributed by atoms with van der Waals surface area (Å²) in [6.07, 6.45) is 2.18. The number of carbonyl (C=O) groups is 2. The maximum atomic E-state index is 13.2. The van der Waals surface area contributed by atoms with Crippen molar-refractivity contribution in [1.82, 2.24) is 14.5 Å². The Labute approximate surface area is 212 Å². The first kappa shape index (κ1) is 24.9. The fraction of sp³-hybridized carbons (Fsp3) is 0.233. The molecule has 0 fully saturated rings. The highest BCUT2D eigenvalue weighted by Gasteiger charge is 2.22. The molecule has 4 aromatic rings. The van der Waals surface area contributed by atoms with E-state index in [2.05, 4.69) is 31.3 Å². The molecule has 0 radical (unpaired) electrons. The fourth-order valence-electron chi connectivity index (χ4n) is 4.04. The molecule has 2 amide bonds. The molecule has 36 heavy (non-hydrogen) atoms. The van der Waals surface area contributed by atoms with Gasteiger partial charge in [0, 0.05) is 23.5 Å². The zero-order valence-electron chi connectivity index (χ0n) is 21.2. The second kappa shape index (κ2) is 11.0. The maximum Gasteiger partial charge on any atom is 0.246 e. The van der Waals surface area contributed by atoms with Gasteiger partial charge < -0.3 is 4.90 Å². The predicted molar refractivity (Wildman–Crippen MR) is 144 cm³/mol. The summed E-state index contributed by atoms with van der Waals surface area (Å²) in [6.45, 7) is 7.91. The van der Waals surface area contributed by atoms with Crippen LogP contribution in [-0.2, 0) is 16.0 Å². The van der Waals surface area contributed by atoms with Crippen molar-refractivity contribution < 1.29 is 9.59 Å². The Bertz CT molecular complexity index is 1340. The third-order valence-electron chi connectivity index (χ3n) is 6.25. The van der Waals surface area contributed by atoms with Gasteiger partial charge in [-0.05, 0) is 56.5 Å². The molecule has 0 atom stereocenters. The number of carbonyl (C=O) groups excluding carboxylic acids is 2. The fourth-order valence-corrected chi connectivity index (χ4v) is 4.04. The molecule has 1 heterocycles. The lowest BCUT2D eigenvalue weighted by atomic mass is 10.1. The minimum atomic E-state index is -0.291. The van der Waals surface area contributed by atoms with Crippen molar-refractivity contribution in [1.29, 1.82) is 0 Å². The van der Waals surface area contributed by atoms with E-state index in [0.717, 1.165) is 28.1 Å². The average molecular weight is 481 g/mol. The molecular weight excluding hydrogens is 448 g/mol. The molecule has 0 saturated heterocycles. The molecular formula is C30H32N4O2. The molecule has 0 saturated carbocycles. The van der Waals surface area contributed by atoms with Gasteiger partial charge in [0.15, 0.2) is 0 Å². The Morgan fingerprint density at radius 2 is 1.58 bits per heavy atom. The highest BCUT2D eigenvalue weighted by atomic mass is 16.2. The van der Waals surface area contributed by atoms with Gasteiger partial charge in [-0.25, -0.2) is 4.98 Å². The van der Waals surface area contributed by atoms with Gasteiger partial charge in [0.25, 0.3) is 0 Å². The molecule has 184 valence electrons. The van der Waals surface area contributed by atoms with E-state index in [1.165, 1.54) is 5.56 Å². The molecule has 0 aliphatic carbocycles. The first-order valence-corrected chi connectivity index (χ1v) is 12.2. The standard InChI is InChI=1S/C30H32N4O2/c1-21(2)33(29(36)18-24-11-7-5-8-12-24)20-28(35)32-30-31-27(25-13-9-6-10-14-25)19-34(30)26-16-15-22(3)23(4)17-26/h5-17,19,21H,18,20H2,1-4H3,(H,31,32,35). The number of aromatic nitrogens is 2. The first-order chi connectivity index (χ1) is 17.3. The first-order valence-electron chi connectivity index (χ1n) is 12.2. The van der Waals surface area contributed by atoms with Gasteiger partial charge in [0.2, 0.25) is 17.8 Å². The quantitative estimate of drug-likeness (QED) is 0.358.